The third-order valence-corrected chi connectivity index (χ3v) is 2.94. The largest absolute Gasteiger partial charge is 0.460 e. The number of rotatable bonds is 3. The van der Waals surface area contributed by atoms with Crippen LogP contribution in [0.4, 0.5) is 0 Å². The molecule has 1 aromatic heterocycles. The molecule has 0 amide bonds. The fourth-order valence-electron chi connectivity index (χ4n) is 1.34. The van der Waals surface area contributed by atoms with E-state index in [2.05, 4.69) is 10.1 Å². The predicted molar refractivity (Wildman–Crippen MR) is 67.3 cm³/mol. The first kappa shape index (κ1) is 12.9. The van der Waals surface area contributed by atoms with Gasteiger partial charge in [-0.1, -0.05) is 29.3 Å². The monoisotopic (exact) mass is 285 g/mol. The summed E-state index contributed by atoms with van der Waals surface area (Å²) in [5.41, 5.74) is 0.548. The van der Waals surface area contributed by atoms with Gasteiger partial charge in [0, 0.05) is 0 Å². The third-order valence-electron chi connectivity index (χ3n) is 2.13. The lowest BCUT2D eigenvalue weighted by Gasteiger charge is -2.04. The van der Waals surface area contributed by atoms with Crippen molar-refractivity contribution in [1.82, 2.24) is 14.8 Å². The van der Waals surface area contributed by atoms with E-state index in [4.69, 9.17) is 27.9 Å². The minimum Gasteiger partial charge on any atom is -0.460 e. The maximum absolute atomic E-state index is 11.4. The summed E-state index contributed by atoms with van der Waals surface area (Å²) in [4.78, 5) is 15.3. The number of hydrogen-bond donors (Lipinski definition) is 0. The Morgan fingerprint density at radius 3 is 2.94 bits per heavy atom. The van der Waals surface area contributed by atoms with E-state index in [0.29, 0.717) is 15.7 Å². The van der Waals surface area contributed by atoms with Gasteiger partial charge in [0.15, 0.2) is 0 Å². The van der Waals surface area contributed by atoms with Crippen LogP contribution in [0.1, 0.15) is 17.5 Å². The maximum atomic E-state index is 11.4. The van der Waals surface area contributed by atoms with Crippen LogP contribution in [0, 0.1) is 0 Å². The standard InChI is InChI=1S/C11H9Cl2N3O2/c1-2-18-11(17)10-14-6-16(15-10)8-5-3-4-7(12)9(8)13/h3-6H,2H2,1H3. The Morgan fingerprint density at radius 2 is 2.22 bits per heavy atom. The van der Waals surface area contributed by atoms with E-state index in [1.165, 1.54) is 11.0 Å². The van der Waals surface area contributed by atoms with E-state index in [-0.39, 0.29) is 12.4 Å². The van der Waals surface area contributed by atoms with Crippen LogP contribution in [0.15, 0.2) is 24.5 Å². The molecule has 0 saturated carbocycles. The summed E-state index contributed by atoms with van der Waals surface area (Å²) in [5, 5.41) is 4.74. The van der Waals surface area contributed by atoms with E-state index >= 15 is 0 Å². The van der Waals surface area contributed by atoms with Gasteiger partial charge in [0.25, 0.3) is 5.82 Å². The van der Waals surface area contributed by atoms with Gasteiger partial charge in [0.05, 0.1) is 22.3 Å². The zero-order valence-corrected chi connectivity index (χ0v) is 10.9. The molecule has 0 N–H and O–H groups in total. The SMILES string of the molecule is CCOC(=O)c1ncn(-c2cccc(Cl)c2Cl)n1. The van der Waals surface area contributed by atoms with E-state index in [1.807, 2.05) is 0 Å². The first-order valence-corrected chi connectivity index (χ1v) is 5.92. The van der Waals surface area contributed by atoms with Gasteiger partial charge >= 0.3 is 5.97 Å². The number of esters is 1. The van der Waals surface area contributed by atoms with Crippen molar-refractivity contribution in [2.45, 2.75) is 6.92 Å². The first-order chi connectivity index (χ1) is 8.63. The van der Waals surface area contributed by atoms with Gasteiger partial charge in [0.1, 0.15) is 6.33 Å². The minimum atomic E-state index is -0.575. The maximum Gasteiger partial charge on any atom is 0.378 e. The van der Waals surface area contributed by atoms with Crippen molar-refractivity contribution in [2.24, 2.45) is 0 Å². The molecule has 7 heteroatoms. The van der Waals surface area contributed by atoms with Crippen molar-refractivity contribution in [2.75, 3.05) is 6.61 Å². The fourth-order valence-corrected chi connectivity index (χ4v) is 1.72. The van der Waals surface area contributed by atoms with Crippen LogP contribution in [0.2, 0.25) is 10.0 Å². The molecule has 0 fully saturated rings. The Labute approximate surface area is 113 Å². The normalized spacial score (nSPS) is 10.4. The Hall–Kier alpha value is -1.59. The number of hydrogen-bond acceptors (Lipinski definition) is 4. The van der Waals surface area contributed by atoms with Crippen LogP contribution in [0.3, 0.4) is 0 Å². The van der Waals surface area contributed by atoms with Crippen molar-refractivity contribution in [3.8, 4) is 5.69 Å². The highest BCUT2D eigenvalue weighted by molar-refractivity contribution is 6.43. The van der Waals surface area contributed by atoms with Gasteiger partial charge in [0.2, 0.25) is 0 Å². The number of carbonyl (C=O) groups is 1. The topological polar surface area (TPSA) is 57.0 Å². The summed E-state index contributed by atoms with van der Waals surface area (Å²) < 4.78 is 6.17. The lowest BCUT2D eigenvalue weighted by atomic mass is 10.3. The fraction of sp³-hybridized carbons (Fsp3) is 0.182. The number of nitrogens with zero attached hydrogens (tertiary/aromatic N) is 3. The number of carbonyl (C=O) groups excluding carboxylic acids is 1. The second kappa shape index (κ2) is 5.37. The third kappa shape index (κ3) is 2.47. The number of benzene rings is 1. The highest BCUT2D eigenvalue weighted by Gasteiger charge is 2.14. The van der Waals surface area contributed by atoms with Crippen LogP contribution in [-0.2, 0) is 4.74 Å². The first-order valence-electron chi connectivity index (χ1n) is 5.16. The number of ether oxygens (including phenoxy) is 1. The van der Waals surface area contributed by atoms with Crippen molar-refractivity contribution in [3.63, 3.8) is 0 Å². The molecule has 5 nitrogen and oxygen atoms in total. The highest BCUT2D eigenvalue weighted by atomic mass is 35.5. The van der Waals surface area contributed by atoms with Gasteiger partial charge in [-0.15, -0.1) is 5.10 Å². The van der Waals surface area contributed by atoms with Crippen molar-refractivity contribution < 1.29 is 9.53 Å². The van der Waals surface area contributed by atoms with Gasteiger partial charge in [-0.25, -0.2) is 14.5 Å². The molecule has 0 atom stereocenters. The van der Waals surface area contributed by atoms with Gasteiger partial charge in [-0.3, -0.25) is 0 Å². The lowest BCUT2D eigenvalue weighted by molar-refractivity contribution is 0.0512. The van der Waals surface area contributed by atoms with E-state index in [0.717, 1.165) is 0 Å². The molecule has 0 aliphatic carbocycles. The van der Waals surface area contributed by atoms with E-state index in [1.54, 1.807) is 25.1 Å². The smallest absolute Gasteiger partial charge is 0.378 e. The predicted octanol–water partition coefficient (Wildman–Crippen LogP) is 2.75. The molecule has 2 rings (SSSR count). The van der Waals surface area contributed by atoms with Crippen LogP contribution in [0.25, 0.3) is 5.69 Å². The number of aromatic nitrogens is 3. The quantitative estimate of drug-likeness (QED) is 0.814. The molecule has 18 heavy (non-hydrogen) atoms. The van der Waals surface area contributed by atoms with Crippen molar-refractivity contribution >= 4 is 29.2 Å². The number of halogens is 2. The Morgan fingerprint density at radius 1 is 1.44 bits per heavy atom. The molecular weight excluding hydrogens is 277 g/mol. The molecule has 0 aliphatic rings. The van der Waals surface area contributed by atoms with Gasteiger partial charge < -0.3 is 4.74 Å². The average molecular weight is 286 g/mol. The lowest BCUT2D eigenvalue weighted by Crippen LogP contribution is -2.07. The summed E-state index contributed by atoms with van der Waals surface area (Å²) in [7, 11) is 0. The highest BCUT2D eigenvalue weighted by Crippen LogP contribution is 2.27. The molecule has 1 aromatic carbocycles. The average Bonchev–Trinajstić information content (AvgIpc) is 2.82. The minimum absolute atomic E-state index is 0.0205. The second-order valence-electron chi connectivity index (χ2n) is 3.31. The van der Waals surface area contributed by atoms with E-state index < -0.39 is 5.97 Å². The summed E-state index contributed by atoms with van der Waals surface area (Å²) in [6.07, 6.45) is 1.38. The zero-order valence-electron chi connectivity index (χ0n) is 9.43. The van der Waals surface area contributed by atoms with Crippen molar-refractivity contribution in [3.05, 3.63) is 40.4 Å². The summed E-state index contributed by atoms with van der Waals surface area (Å²) in [6, 6.07) is 5.11. The van der Waals surface area contributed by atoms with Gasteiger partial charge in [-0.2, -0.15) is 0 Å². The molecule has 0 aliphatic heterocycles. The molecule has 0 unspecified atom stereocenters. The Kier molecular flexibility index (Phi) is 3.84. The molecule has 0 radical (unpaired) electrons. The molecule has 2 aromatic rings. The molecule has 0 saturated heterocycles. The molecule has 0 spiro atoms. The van der Waals surface area contributed by atoms with Crippen LogP contribution < -0.4 is 0 Å². The Bertz CT molecular complexity index is 583. The van der Waals surface area contributed by atoms with Crippen LogP contribution >= 0.6 is 23.2 Å². The van der Waals surface area contributed by atoms with E-state index in [9.17, 15) is 4.79 Å². The van der Waals surface area contributed by atoms with Crippen molar-refractivity contribution in [1.29, 1.82) is 0 Å². The van der Waals surface area contributed by atoms with Crippen LogP contribution in [0.5, 0.6) is 0 Å². The van der Waals surface area contributed by atoms with Gasteiger partial charge in [-0.05, 0) is 19.1 Å². The molecule has 94 valence electrons. The summed E-state index contributed by atoms with van der Waals surface area (Å²) >= 11 is 11.9. The molecule has 0 bridgehead atoms. The molecule has 1 heterocycles. The summed E-state index contributed by atoms with van der Waals surface area (Å²) in [5.74, 6) is -0.595. The zero-order chi connectivity index (χ0) is 13.1. The second-order valence-corrected chi connectivity index (χ2v) is 4.09. The Balaban J connectivity index is 2.35. The molecular formula is C11H9Cl2N3O2. The summed E-state index contributed by atoms with van der Waals surface area (Å²) in [6.45, 7) is 1.98. The van der Waals surface area contributed by atoms with Crippen LogP contribution in [-0.4, -0.2) is 27.3 Å².